The predicted octanol–water partition coefficient (Wildman–Crippen LogP) is 3.70. The van der Waals surface area contributed by atoms with Crippen molar-refractivity contribution in [1.29, 1.82) is 0 Å². The topological polar surface area (TPSA) is 71.5 Å². The van der Waals surface area contributed by atoms with Crippen LogP contribution in [0.4, 0.5) is 4.39 Å². The van der Waals surface area contributed by atoms with E-state index < -0.39 is 0 Å². The molecule has 0 radical (unpaired) electrons. The van der Waals surface area contributed by atoms with Gasteiger partial charge in [0.15, 0.2) is 0 Å². The number of halogens is 1. The molecule has 1 aromatic carbocycles. The molecule has 4 rings (SSSR count). The van der Waals surface area contributed by atoms with Gasteiger partial charge in [0.25, 0.3) is 5.56 Å². The third-order valence-corrected chi connectivity index (χ3v) is 3.92. The van der Waals surface area contributed by atoms with Crippen molar-refractivity contribution >= 4 is 0 Å². The Balaban J connectivity index is 1.99. The Morgan fingerprint density at radius 3 is 2.08 bits per heavy atom. The lowest BCUT2D eigenvalue weighted by Gasteiger charge is -2.11. The summed E-state index contributed by atoms with van der Waals surface area (Å²) in [7, 11) is 0. The van der Waals surface area contributed by atoms with Crippen LogP contribution in [0.25, 0.3) is 33.8 Å². The largest absolute Gasteiger partial charge is 0.306 e. The second kappa shape index (κ2) is 6.68. The first kappa shape index (κ1) is 15.8. The van der Waals surface area contributed by atoms with Gasteiger partial charge in [0, 0.05) is 35.9 Å². The third kappa shape index (κ3) is 3.00. The molecule has 0 saturated carbocycles. The van der Waals surface area contributed by atoms with Gasteiger partial charge in [0.1, 0.15) is 11.6 Å². The van der Waals surface area contributed by atoms with Crippen molar-refractivity contribution in [3.05, 3.63) is 89.5 Å². The van der Waals surface area contributed by atoms with Crippen LogP contribution >= 0.6 is 0 Å². The second-order valence-electron chi connectivity index (χ2n) is 5.63. The van der Waals surface area contributed by atoms with Gasteiger partial charge in [-0.3, -0.25) is 14.8 Å². The zero-order valence-electron chi connectivity index (χ0n) is 13.6. The van der Waals surface area contributed by atoms with Crippen molar-refractivity contribution in [3.63, 3.8) is 0 Å². The molecule has 0 unspecified atom stereocenters. The van der Waals surface area contributed by atoms with Crippen LogP contribution in [-0.2, 0) is 0 Å². The molecule has 0 atom stereocenters. The van der Waals surface area contributed by atoms with Gasteiger partial charge in [-0.2, -0.15) is 0 Å². The van der Waals surface area contributed by atoms with Crippen LogP contribution in [0.5, 0.6) is 0 Å². The van der Waals surface area contributed by atoms with Crippen LogP contribution in [0.2, 0.25) is 0 Å². The Bertz CT molecular complexity index is 1090. The summed E-state index contributed by atoms with van der Waals surface area (Å²) < 4.78 is 13.3. The first-order chi connectivity index (χ1) is 12.7. The van der Waals surface area contributed by atoms with Gasteiger partial charge < -0.3 is 4.98 Å². The zero-order valence-corrected chi connectivity index (χ0v) is 13.6. The number of H-pyrrole nitrogens is 1. The number of nitrogens with zero attached hydrogens (tertiary/aromatic N) is 3. The van der Waals surface area contributed by atoms with E-state index in [4.69, 9.17) is 0 Å². The van der Waals surface area contributed by atoms with E-state index in [9.17, 15) is 9.18 Å². The average molecular weight is 344 g/mol. The molecule has 0 aliphatic rings. The third-order valence-electron chi connectivity index (χ3n) is 3.92. The highest BCUT2D eigenvalue weighted by molar-refractivity contribution is 5.80. The van der Waals surface area contributed by atoms with Crippen molar-refractivity contribution in [2.75, 3.05) is 0 Å². The molecular formula is C20H13FN4O. The van der Waals surface area contributed by atoms with Gasteiger partial charge in [-0.05, 0) is 42.0 Å². The molecule has 3 aromatic heterocycles. The summed E-state index contributed by atoms with van der Waals surface area (Å²) in [6.07, 6.45) is 6.57. The quantitative estimate of drug-likeness (QED) is 0.615. The van der Waals surface area contributed by atoms with Crippen molar-refractivity contribution in [2.45, 2.75) is 0 Å². The van der Waals surface area contributed by atoms with E-state index in [1.54, 1.807) is 49.1 Å². The number of aromatic amines is 1. The second-order valence-corrected chi connectivity index (χ2v) is 5.63. The van der Waals surface area contributed by atoms with Crippen LogP contribution in [-0.4, -0.2) is 19.9 Å². The lowest BCUT2D eigenvalue weighted by Crippen LogP contribution is -2.14. The fourth-order valence-electron chi connectivity index (χ4n) is 2.71. The van der Waals surface area contributed by atoms with E-state index in [0.717, 1.165) is 0 Å². The Hall–Kier alpha value is -3.67. The molecule has 0 spiro atoms. The zero-order chi connectivity index (χ0) is 17.9. The Morgan fingerprint density at radius 1 is 0.808 bits per heavy atom. The Labute approximate surface area is 148 Å². The number of pyridine rings is 2. The van der Waals surface area contributed by atoms with Crippen molar-refractivity contribution in [3.8, 4) is 33.8 Å². The van der Waals surface area contributed by atoms with Gasteiger partial charge in [0.2, 0.25) is 0 Å². The fraction of sp³-hybridized carbons (Fsp3) is 0. The minimum absolute atomic E-state index is 0.315. The molecule has 126 valence electrons. The number of nitrogens with one attached hydrogen (secondary N) is 1. The van der Waals surface area contributed by atoms with Crippen LogP contribution < -0.4 is 5.56 Å². The van der Waals surface area contributed by atoms with Gasteiger partial charge in [-0.15, -0.1) is 0 Å². The van der Waals surface area contributed by atoms with E-state index in [1.807, 2.05) is 12.1 Å². The van der Waals surface area contributed by atoms with Gasteiger partial charge >= 0.3 is 0 Å². The van der Waals surface area contributed by atoms with Gasteiger partial charge in [-0.25, -0.2) is 9.37 Å². The lowest BCUT2D eigenvalue weighted by molar-refractivity contribution is 0.628. The summed E-state index contributed by atoms with van der Waals surface area (Å²) in [6.45, 7) is 0. The molecule has 6 heteroatoms. The monoisotopic (exact) mass is 344 g/mol. The molecule has 4 aromatic rings. The van der Waals surface area contributed by atoms with Gasteiger partial charge in [0.05, 0.1) is 11.3 Å². The molecule has 0 bridgehead atoms. The van der Waals surface area contributed by atoms with Gasteiger partial charge in [-0.1, -0.05) is 12.1 Å². The summed E-state index contributed by atoms with van der Waals surface area (Å²) in [5, 5.41) is 0. The molecule has 26 heavy (non-hydrogen) atoms. The standard InChI is InChI=1S/C20H13FN4O/c21-16-7-5-13(6-8-16)17-18(14-3-1-9-22-11-14)24-19(25-20(17)26)15-4-2-10-23-12-15/h1-12H,(H,24,25,26). The molecule has 0 saturated heterocycles. The maximum atomic E-state index is 13.3. The first-order valence-corrected chi connectivity index (χ1v) is 7.93. The molecule has 0 fully saturated rings. The SMILES string of the molecule is O=c1[nH]c(-c2cccnc2)nc(-c2cccnc2)c1-c1ccc(F)cc1. The van der Waals surface area contributed by atoms with Crippen LogP contribution in [0.1, 0.15) is 0 Å². The molecule has 1 N–H and O–H groups in total. The molecular weight excluding hydrogens is 331 g/mol. The van der Waals surface area contributed by atoms with E-state index in [1.165, 1.54) is 12.1 Å². The fourth-order valence-corrected chi connectivity index (χ4v) is 2.71. The normalized spacial score (nSPS) is 10.7. The van der Waals surface area contributed by atoms with Crippen molar-refractivity contribution in [2.24, 2.45) is 0 Å². The molecule has 5 nitrogen and oxygen atoms in total. The maximum Gasteiger partial charge on any atom is 0.259 e. The highest BCUT2D eigenvalue weighted by atomic mass is 19.1. The van der Waals surface area contributed by atoms with E-state index in [0.29, 0.717) is 33.8 Å². The molecule has 3 heterocycles. The van der Waals surface area contributed by atoms with E-state index >= 15 is 0 Å². The highest BCUT2D eigenvalue weighted by Crippen LogP contribution is 2.28. The highest BCUT2D eigenvalue weighted by Gasteiger charge is 2.16. The summed E-state index contributed by atoms with van der Waals surface area (Å²) in [4.78, 5) is 28.5. The lowest BCUT2D eigenvalue weighted by atomic mass is 10.0. The number of hydrogen-bond donors (Lipinski definition) is 1. The minimum Gasteiger partial charge on any atom is -0.306 e. The maximum absolute atomic E-state index is 13.3. The summed E-state index contributed by atoms with van der Waals surface area (Å²) in [6, 6.07) is 12.9. The van der Waals surface area contributed by atoms with E-state index in [2.05, 4.69) is 19.9 Å². The summed E-state index contributed by atoms with van der Waals surface area (Å²) >= 11 is 0. The number of aromatic nitrogens is 4. The number of rotatable bonds is 3. The predicted molar refractivity (Wildman–Crippen MR) is 96.7 cm³/mol. The smallest absolute Gasteiger partial charge is 0.259 e. The number of hydrogen-bond acceptors (Lipinski definition) is 4. The molecule has 0 aliphatic carbocycles. The van der Waals surface area contributed by atoms with Crippen molar-refractivity contribution in [1.82, 2.24) is 19.9 Å². The summed E-state index contributed by atoms with van der Waals surface area (Å²) in [5.74, 6) is 0.0425. The molecule has 0 amide bonds. The van der Waals surface area contributed by atoms with Crippen LogP contribution in [0.15, 0.2) is 78.1 Å². The Morgan fingerprint density at radius 2 is 1.46 bits per heavy atom. The van der Waals surface area contributed by atoms with Crippen molar-refractivity contribution < 1.29 is 4.39 Å². The average Bonchev–Trinajstić information content (AvgIpc) is 2.70. The minimum atomic E-state index is -0.368. The first-order valence-electron chi connectivity index (χ1n) is 7.93. The summed E-state index contributed by atoms with van der Waals surface area (Å²) in [5.41, 5.74) is 2.50. The van der Waals surface area contributed by atoms with E-state index in [-0.39, 0.29) is 11.4 Å². The Kier molecular flexibility index (Phi) is 4.07. The number of benzene rings is 1. The molecule has 0 aliphatic heterocycles. The van der Waals surface area contributed by atoms with Crippen LogP contribution in [0.3, 0.4) is 0 Å². The van der Waals surface area contributed by atoms with Crippen LogP contribution in [0, 0.1) is 5.82 Å².